The summed E-state index contributed by atoms with van der Waals surface area (Å²) in [5.41, 5.74) is 1.87. The van der Waals surface area contributed by atoms with Gasteiger partial charge in [0.15, 0.2) is 0 Å². The summed E-state index contributed by atoms with van der Waals surface area (Å²) in [7, 11) is 0. The molecule has 2 unspecified atom stereocenters. The summed E-state index contributed by atoms with van der Waals surface area (Å²) in [6, 6.07) is 7.59. The highest BCUT2D eigenvalue weighted by Crippen LogP contribution is 2.29. The van der Waals surface area contributed by atoms with Gasteiger partial charge in [0.2, 0.25) is 5.91 Å². The molecule has 2 N–H and O–H groups in total. The molecule has 1 aromatic rings. The number of anilines is 1. The molecule has 1 aliphatic heterocycles. The molecular weight excluding hydrogens is 228 g/mol. The summed E-state index contributed by atoms with van der Waals surface area (Å²) in [5.74, 6) is 0.0436. The van der Waals surface area contributed by atoms with Gasteiger partial charge >= 0.3 is 0 Å². The standard InChI is InChI=1S/C14H20N2O2/c1-3-13(17)11-6-4-5-7-12(11)16-9-8-15-14(18)10(16)2/h4-7,10,13,17H,3,8-9H2,1-2H3,(H,15,18). The van der Waals surface area contributed by atoms with Gasteiger partial charge in [0.05, 0.1) is 6.10 Å². The molecule has 18 heavy (non-hydrogen) atoms. The number of nitrogens with zero attached hydrogens (tertiary/aromatic N) is 1. The quantitative estimate of drug-likeness (QED) is 0.851. The molecule has 1 aromatic carbocycles. The fourth-order valence-corrected chi connectivity index (χ4v) is 2.36. The number of aliphatic hydroxyl groups excluding tert-OH is 1. The Balaban J connectivity index is 2.35. The van der Waals surface area contributed by atoms with E-state index in [0.29, 0.717) is 13.0 Å². The van der Waals surface area contributed by atoms with Crippen LogP contribution in [0, 0.1) is 0 Å². The molecule has 1 saturated heterocycles. The number of carbonyl (C=O) groups excluding carboxylic acids is 1. The van der Waals surface area contributed by atoms with Crippen LogP contribution in [0.5, 0.6) is 0 Å². The second kappa shape index (κ2) is 5.40. The number of carbonyl (C=O) groups is 1. The SMILES string of the molecule is CCC(O)c1ccccc1N1CCNC(=O)C1C. The summed E-state index contributed by atoms with van der Waals surface area (Å²) >= 11 is 0. The summed E-state index contributed by atoms with van der Waals surface area (Å²) in [6.45, 7) is 5.28. The molecule has 0 saturated carbocycles. The molecule has 0 aromatic heterocycles. The zero-order valence-electron chi connectivity index (χ0n) is 10.9. The summed E-state index contributed by atoms with van der Waals surface area (Å²) < 4.78 is 0. The van der Waals surface area contributed by atoms with Gasteiger partial charge in [0.25, 0.3) is 0 Å². The number of para-hydroxylation sites is 1. The van der Waals surface area contributed by atoms with Gasteiger partial charge in [0.1, 0.15) is 6.04 Å². The average Bonchev–Trinajstić information content (AvgIpc) is 2.41. The van der Waals surface area contributed by atoms with Crippen molar-refractivity contribution in [3.8, 4) is 0 Å². The number of piperazine rings is 1. The largest absolute Gasteiger partial charge is 0.388 e. The van der Waals surface area contributed by atoms with Crippen LogP contribution in [0.3, 0.4) is 0 Å². The highest BCUT2D eigenvalue weighted by Gasteiger charge is 2.27. The van der Waals surface area contributed by atoms with Crippen molar-refractivity contribution in [1.82, 2.24) is 5.32 Å². The third-order valence-electron chi connectivity index (χ3n) is 3.49. The van der Waals surface area contributed by atoms with Gasteiger partial charge in [0, 0.05) is 24.3 Å². The Hall–Kier alpha value is -1.55. The fourth-order valence-electron chi connectivity index (χ4n) is 2.36. The number of aliphatic hydroxyl groups is 1. The van der Waals surface area contributed by atoms with Crippen LogP contribution < -0.4 is 10.2 Å². The predicted octanol–water partition coefficient (Wildman–Crippen LogP) is 1.45. The molecular formula is C14H20N2O2. The molecule has 0 spiro atoms. The molecule has 0 bridgehead atoms. The van der Waals surface area contributed by atoms with E-state index >= 15 is 0 Å². The lowest BCUT2D eigenvalue weighted by molar-refractivity contribution is -0.122. The Bertz CT molecular complexity index is 434. The van der Waals surface area contributed by atoms with Crippen LogP contribution in [-0.4, -0.2) is 30.1 Å². The van der Waals surface area contributed by atoms with E-state index < -0.39 is 6.10 Å². The summed E-state index contributed by atoms with van der Waals surface area (Å²) in [6.07, 6.45) is 0.198. The Morgan fingerprint density at radius 1 is 1.50 bits per heavy atom. The van der Waals surface area contributed by atoms with Gasteiger partial charge in [-0.15, -0.1) is 0 Å². The molecule has 0 radical (unpaired) electrons. The Labute approximate surface area is 108 Å². The third kappa shape index (κ3) is 2.34. The minimum absolute atomic E-state index is 0.0436. The lowest BCUT2D eigenvalue weighted by atomic mass is 10.0. The molecule has 4 nitrogen and oxygen atoms in total. The highest BCUT2D eigenvalue weighted by molar-refractivity contribution is 5.86. The van der Waals surface area contributed by atoms with E-state index in [1.165, 1.54) is 0 Å². The van der Waals surface area contributed by atoms with Crippen molar-refractivity contribution in [3.05, 3.63) is 29.8 Å². The molecule has 1 heterocycles. The van der Waals surface area contributed by atoms with Crippen molar-refractivity contribution in [2.45, 2.75) is 32.4 Å². The maximum atomic E-state index is 11.7. The van der Waals surface area contributed by atoms with Crippen LogP contribution in [0.2, 0.25) is 0 Å². The van der Waals surface area contributed by atoms with Crippen molar-refractivity contribution >= 4 is 11.6 Å². The average molecular weight is 248 g/mol. The first kappa shape index (κ1) is 12.9. The predicted molar refractivity (Wildman–Crippen MR) is 71.5 cm³/mol. The van der Waals surface area contributed by atoms with E-state index in [1.807, 2.05) is 38.1 Å². The number of nitrogens with one attached hydrogen (secondary N) is 1. The smallest absolute Gasteiger partial charge is 0.242 e. The van der Waals surface area contributed by atoms with Gasteiger partial charge in [-0.25, -0.2) is 0 Å². The minimum Gasteiger partial charge on any atom is -0.388 e. The van der Waals surface area contributed by atoms with E-state index in [9.17, 15) is 9.90 Å². The molecule has 1 amide bonds. The van der Waals surface area contributed by atoms with Gasteiger partial charge in [-0.05, 0) is 19.4 Å². The zero-order chi connectivity index (χ0) is 13.1. The number of benzene rings is 1. The summed E-state index contributed by atoms with van der Waals surface area (Å²) in [4.78, 5) is 13.8. The first-order chi connectivity index (χ1) is 8.65. The highest BCUT2D eigenvalue weighted by atomic mass is 16.3. The normalized spacial score (nSPS) is 21.6. The van der Waals surface area contributed by atoms with E-state index in [-0.39, 0.29) is 11.9 Å². The lowest BCUT2D eigenvalue weighted by Crippen LogP contribution is -2.54. The van der Waals surface area contributed by atoms with Crippen molar-refractivity contribution in [1.29, 1.82) is 0 Å². The maximum absolute atomic E-state index is 11.7. The molecule has 98 valence electrons. The first-order valence-electron chi connectivity index (χ1n) is 6.46. The molecule has 0 aliphatic carbocycles. The lowest BCUT2D eigenvalue weighted by Gasteiger charge is -2.36. The van der Waals surface area contributed by atoms with Gasteiger partial charge < -0.3 is 15.3 Å². The first-order valence-corrected chi connectivity index (χ1v) is 6.46. The maximum Gasteiger partial charge on any atom is 0.242 e. The van der Waals surface area contributed by atoms with Crippen LogP contribution in [0.1, 0.15) is 31.9 Å². The Morgan fingerprint density at radius 3 is 2.94 bits per heavy atom. The van der Waals surface area contributed by atoms with Gasteiger partial charge in [-0.2, -0.15) is 0 Å². The fraction of sp³-hybridized carbons (Fsp3) is 0.500. The van der Waals surface area contributed by atoms with Crippen LogP contribution in [0.4, 0.5) is 5.69 Å². The molecule has 4 heteroatoms. The number of hydrogen-bond donors (Lipinski definition) is 2. The van der Waals surface area contributed by atoms with E-state index in [2.05, 4.69) is 10.2 Å². The monoisotopic (exact) mass is 248 g/mol. The summed E-state index contributed by atoms with van der Waals surface area (Å²) in [5, 5.41) is 12.9. The van der Waals surface area contributed by atoms with Crippen molar-refractivity contribution in [3.63, 3.8) is 0 Å². The minimum atomic E-state index is -0.474. The topological polar surface area (TPSA) is 52.6 Å². The number of rotatable bonds is 3. The van der Waals surface area contributed by atoms with Crippen LogP contribution in [0.15, 0.2) is 24.3 Å². The molecule has 2 atom stereocenters. The van der Waals surface area contributed by atoms with Crippen molar-refractivity contribution in [2.75, 3.05) is 18.0 Å². The van der Waals surface area contributed by atoms with Crippen molar-refractivity contribution in [2.24, 2.45) is 0 Å². The van der Waals surface area contributed by atoms with Crippen LogP contribution in [-0.2, 0) is 4.79 Å². The van der Waals surface area contributed by atoms with E-state index in [4.69, 9.17) is 0 Å². The van der Waals surface area contributed by atoms with E-state index in [0.717, 1.165) is 17.8 Å². The van der Waals surface area contributed by atoms with Crippen LogP contribution in [0.25, 0.3) is 0 Å². The van der Waals surface area contributed by atoms with Crippen LogP contribution >= 0.6 is 0 Å². The number of amides is 1. The zero-order valence-corrected chi connectivity index (χ0v) is 10.9. The molecule has 1 fully saturated rings. The Kier molecular flexibility index (Phi) is 3.87. The van der Waals surface area contributed by atoms with E-state index in [1.54, 1.807) is 0 Å². The second-order valence-corrected chi connectivity index (χ2v) is 4.64. The van der Waals surface area contributed by atoms with Crippen molar-refractivity contribution < 1.29 is 9.90 Å². The van der Waals surface area contributed by atoms with Gasteiger partial charge in [-0.3, -0.25) is 4.79 Å². The molecule has 1 aliphatic rings. The Morgan fingerprint density at radius 2 is 2.22 bits per heavy atom. The third-order valence-corrected chi connectivity index (χ3v) is 3.49. The number of hydrogen-bond acceptors (Lipinski definition) is 3. The molecule has 2 rings (SSSR count). The van der Waals surface area contributed by atoms with Gasteiger partial charge in [-0.1, -0.05) is 25.1 Å². The second-order valence-electron chi connectivity index (χ2n) is 4.64.